The summed E-state index contributed by atoms with van der Waals surface area (Å²) in [6.07, 6.45) is 0. The lowest BCUT2D eigenvalue weighted by molar-refractivity contribution is -0.132. The van der Waals surface area contributed by atoms with Crippen LogP contribution in [0.2, 0.25) is 0 Å². The van der Waals surface area contributed by atoms with E-state index in [2.05, 4.69) is 16.8 Å². The molecule has 1 aliphatic rings. The molecule has 2 heterocycles. The van der Waals surface area contributed by atoms with Gasteiger partial charge in [0.2, 0.25) is 5.91 Å². The molecular formula is C12H21ClN4OS. The highest BCUT2D eigenvalue weighted by Gasteiger charge is 2.24. The topological polar surface area (TPSA) is 62.5 Å². The summed E-state index contributed by atoms with van der Waals surface area (Å²) in [6, 6.07) is -0.402. The second kappa shape index (κ2) is 6.54. The molecule has 7 heteroatoms. The molecule has 0 saturated carbocycles. The molecule has 1 fully saturated rings. The maximum atomic E-state index is 11.8. The lowest BCUT2D eigenvalue weighted by atomic mass is 10.2. The van der Waals surface area contributed by atoms with Gasteiger partial charge in [-0.3, -0.25) is 4.79 Å². The van der Waals surface area contributed by atoms with Crippen molar-refractivity contribution in [3.63, 3.8) is 0 Å². The molecule has 0 radical (unpaired) electrons. The van der Waals surface area contributed by atoms with Crippen LogP contribution in [0, 0.1) is 13.8 Å². The van der Waals surface area contributed by atoms with Crippen LogP contribution in [0.3, 0.4) is 0 Å². The van der Waals surface area contributed by atoms with Gasteiger partial charge in [-0.15, -0.1) is 23.7 Å². The highest BCUT2D eigenvalue weighted by atomic mass is 35.5. The fraction of sp³-hybridized carbons (Fsp3) is 0.667. The van der Waals surface area contributed by atoms with Gasteiger partial charge >= 0.3 is 0 Å². The van der Waals surface area contributed by atoms with E-state index < -0.39 is 6.04 Å². The van der Waals surface area contributed by atoms with Gasteiger partial charge in [-0.05, 0) is 20.8 Å². The Balaban J connectivity index is 0.00000180. The fourth-order valence-electron chi connectivity index (χ4n) is 2.00. The highest BCUT2D eigenvalue weighted by Crippen LogP contribution is 2.25. The van der Waals surface area contributed by atoms with Gasteiger partial charge in [0.05, 0.1) is 11.7 Å². The Bertz CT molecular complexity index is 421. The average Bonchev–Trinajstić information content (AvgIpc) is 2.69. The number of aryl methyl sites for hydroxylation is 2. The first-order valence-electron chi connectivity index (χ1n) is 6.22. The molecule has 1 aromatic rings. The van der Waals surface area contributed by atoms with E-state index in [0.717, 1.165) is 37.0 Å². The van der Waals surface area contributed by atoms with Crippen LogP contribution in [-0.2, 0) is 4.79 Å². The average molecular weight is 305 g/mol. The van der Waals surface area contributed by atoms with E-state index in [1.807, 2.05) is 11.8 Å². The molecule has 2 rings (SSSR count). The summed E-state index contributed by atoms with van der Waals surface area (Å²) < 4.78 is 0. The summed E-state index contributed by atoms with van der Waals surface area (Å²) in [5, 5.41) is 1.07. The van der Waals surface area contributed by atoms with Crippen molar-refractivity contribution < 1.29 is 4.79 Å². The maximum Gasteiger partial charge on any atom is 0.239 e. The molecule has 19 heavy (non-hydrogen) atoms. The number of anilines is 1. The van der Waals surface area contributed by atoms with Gasteiger partial charge in [0, 0.05) is 31.1 Å². The van der Waals surface area contributed by atoms with Crippen LogP contribution in [-0.4, -0.2) is 48.0 Å². The third-order valence-electron chi connectivity index (χ3n) is 3.27. The Kier molecular flexibility index (Phi) is 5.58. The molecule has 1 aliphatic heterocycles. The number of rotatable bonds is 2. The molecule has 1 aromatic heterocycles. The molecule has 2 N–H and O–H groups in total. The van der Waals surface area contributed by atoms with E-state index in [1.165, 1.54) is 4.88 Å². The predicted molar refractivity (Wildman–Crippen MR) is 81.3 cm³/mol. The van der Waals surface area contributed by atoms with Crippen LogP contribution in [0.5, 0.6) is 0 Å². The Morgan fingerprint density at radius 2 is 1.89 bits per heavy atom. The number of amides is 1. The third-order valence-corrected chi connectivity index (χ3v) is 4.40. The van der Waals surface area contributed by atoms with E-state index >= 15 is 0 Å². The number of halogens is 1. The van der Waals surface area contributed by atoms with Crippen LogP contribution >= 0.6 is 23.7 Å². The quantitative estimate of drug-likeness (QED) is 0.891. The minimum atomic E-state index is -0.402. The van der Waals surface area contributed by atoms with Gasteiger partial charge < -0.3 is 15.5 Å². The monoisotopic (exact) mass is 304 g/mol. The van der Waals surface area contributed by atoms with Crippen LogP contribution in [0.25, 0.3) is 0 Å². The lowest BCUT2D eigenvalue weighted by Crippen LogP contribution is -2.52. The number of thiazole rings is 1. The molecule has 0 aliphatic carbocycles. The van der Waals surface area contributed by atoms with E-state index in [1.54, 1.807) is 18.3 Å². The predicted octanol–water partition coefficient (Wildman–Crippen LogP) is 1.18. The normalized spacial score (nSPS) is 17.1. The Hall–Kier alpha value is -0.850. The summed E-state index contributed by atoms with van der Waals surface area (Å²) in [5.41, 5.74) is 6.72. The zero-order chi connectivity index (χ0) is 13.3. The van der Waals surface area contributed by atoms with Gasteiger partial charge in [0.1, 0.15) is 0 Å². The smallest absolute Gasteiger partial charge is 0.239 e. The number of piperazine rings is 1. The molecule has 0 unspecified atom stereocenters. The van der Waals surface area contributed by atoms with Crippen molar-refractivity contribution in [1.29, 1.82) is 0 Å². The van der Waals surface area contributed by atoms with Crippen molar-refractivity contribution >= 4 is 34.8 Å². The first-order chi connectivity index (χ1) is 8.49. The van der Waals surface area contributed by atoms with Gasteiger partial charge in [0.25, 0.3) is 0 Å². The van der Waals surface area contributed by atoms with E-state index in [4.69, 9.17) is 5.73 Å². The minimum Gasteiger partial charge on any atom is -0.345 e. The number of hydrogen-bond acceptors (Lipinski definition) is 5. The van der Waals surface area contributed by atoms with Crippen molar-refractivity contribution in [2.24, 2.45) is 5.73 Å². The van der Waals surface area contributed by atoms with Crippen molar-refractivity contribution in [2.75, 3.05) is 31.1 Å². The fourth-order valence-corrected chi connectivity index (χ4v) is 2.96. The van der Waals surface area contributed by atoms with Gasteiger partial charge in [-0.1, -0.05) is 0 Å². The summed E-state index contributed by atoms with van der Waals surface area (Å²) in [5.74, 6) is 0.0427. The molecule has 1 amide bonds. The number of nitrogens with two attached hydrogens (primary N) is 1. The van der Waals surface area contributed by atoms with Gasteiger partial charge in [0.15, 0.2) is 5.13 Å². The number of carbonyl (C=O) groups is 1. The second-order valence-electron chi connectivity index (χ2n) is 4.74. The van der Waals surface area contributed by atoms with Crippen molar-refractivity contribution in [1.82, 2.24) is 9.88 Å². The van der Waals surface area contributed by atoms with Crippen molar-refractivity contribution in [2.45, 2.75) is 26.8 Å². The van der Waals surface area contributed by atoms with Crippen LogP contribution in [0.1, 0.15) is 17.5 Å². The minimum absolute atomic E-state index is 0. The van der Waals surface area contributed by atoms with Crippen molar-refractivity contribution in [3.8, 4) is 0 Å². The van der Waals surface area contributed by atoms with Crippen LogP contribution in [0.15, 0.2) is 0 Å². The molecule has 0 spiro atoms. The highest BCUT2D eigenvalue weighted by molar-refractivity contribution is 7.15. The van der Waals surface area contributed by atoms with E-state index in [9.17, 15) is 4.79 Å². The number of hydrogen-bond donors (Lipinski definition) is 1. The maximum absolute atomic E-state index is 11.8. The molecule has 0 aromatic carbocycles. The molecule has 0 bridgehead atoms. The first kappa shape index (κ1) is 16.2. The standard InChI is InChI=1S/C12H20N4OS.ClH/c1-8(13)11(17)15-4-6-16(7-5-15)12-14-9(2)10(3)18-12;/h8H,4-7,13H2,1-3H3;1H/t8-;/m1./s1. The van der Waals surface area contributed by atoms with E-state index in [-0.39, 0.29) is 18.3 Å². The molecule has 5 nitrogen and oxygen atoms in total. The third kappa shape index (κ3) is 3.58. The molecule has 1 atom stereocenters. The summed E-state index contributed by atoms with van der Waals surface area (Å²) in [6.45, 7) is 9.01. The van der Waals surface area contributed by atoms with Gasteiger partial charge in [-0.2, -0.15) is 0 Å². The Morgan fingerprint density at radius 3 is 2.32 bits per heavy atom. The summed E-state index contributed by atoms with van der Waals surface area (Å²) >= 11 is 1.72. The van der Waals surface area contributed by atoms with Crippen LogP contribution < -0.4 is 10.6 Å². The second-order valence-corrected chi connectivity index (χ2v) is 5.92. The Morgan fingerprint density at radius 1 is 1.32 bits per heavy atom. The summed E-state index contributed by atoms with van der Waals surface area (Å²) in [7, 11) is 0. The Labute approximate surface area is 124 Å². The number of carbonyl (C=O) groups excluding carboxylic acids is 1. The van der Waals surface area contributed by atoms with Crippen LogP contribution in [0.4, 0.5) is 5.13 Å². The molecular weight excluding hydrogens is 284 g/mol. The lowest BCUT2D eigenvalue weighted by Gasteiger charge is -2.35. The molecule has 1 saturated heterocycles. The SMILES string of the molecule is Cc1nc(N2CCN(C(=O)[C@@H](C)N)CC2)sc1C.Cl. The van der Waals surface area contributed by atoms with Crippen molar-refractivity contribution in [3.05, 3.63) is 10.6 Å². The number of nitrogens with zero attached hydrogens (tertiary/aromatic N) is 3. The summed E-state index contributed by atoms with van der Waals surface area (Å²) in [4.78, 5) is 21.7. The number of aromatic nitrogens is 1. The zero-order valence-corrected chi connectivity index (χ0v) is 13.2. The zero-order valence-electron chi connectivity index (χ0n) is 11.5. The van der Waals surface area contributed by atoms with E-state index in [0.29, 0.717) is 0 Å². The first-order valence-corrected chi connectivity index (χ1v) is 7.04. The van der Waals surface area contributed by atoms with Gasteiger partial charge in [-0.25, -0.2) is 4.98 Å². The molecule has 108 valence electrons. The largest absolute Gasteiger partial charge is 0.345 e.